The lowest BCUT2D eigenvalue weighted by Crippen LogP contribution is -2.25. The third-order valence-corrected chi connectivity index (χ3v) is 6.30. The van der Waals surface area contributed by atoms with Gasteiger partial charge in [0.25, 0.3) is 0 Å². The van der Waals surface area contributed by atoms with E-state index >= 15 is 0 Å². The zero-order valence-corrected chi connectivity index (χ0v) is 16.2. The summed E-state index contributed by atoms with van der Waals surface area (Å²) in [6.45, 7) is 2.15. The van der Waals surface area contributed by atoms with E-state index in [1.165, 1.54) is 27.1 Å². The maximum absolute atomic E-state index is 2.27. The van der Waals surface area contributed by atoms with Crippen molar-refractivity contribution in [2.75, 3.05) is 0 Å². The molecule has 0 bridgehead atoms. The average Bonchev–Trinajstić information content (AvgIpc) is 2.74. The van der Waals surface area contributed by atoms with Crippen LogP contribution in [-0.2, 0) is 4.75 Å². The van der Waals surface area contributed by atoms with E-state index in [4.69, 9.17) is 0 Å². The van der Waals surface area contributed by atoms with E-state index in [0.717, 1.165) is 0 Å². The van der Waals surface area contributed by atoms with Gasteiger partial charge in [0.2, 0.25) is 0 Å². The molecule has 0 aromatic heterocycles. The molecule has 4 rings (SSSR count). The van der Waals surface area contributed by atoms with Crippen LogP contribution in [0, 0.1) is 6.92 Å². The fraction of sp³-hybridized carbons (Fsp3) is 0.0769. The average molecular weight is 367 g/mol. The molecule has 0 N–H and O–H groups in total. The van der Waals surface area contributed by atoms with Gasteiger partial charge < -0.3 is 0 Å². The molecule has 0 atom stereocenters. The minimum atomic E-state index is -0.308. The molecule has 0 aliphatic rings. The molecule has 0 spiro atoms. The summed E-state index contributed by atoms with van der Waals surface area (Å²) in [6.07, 6.45) is 0. The Hall–Kier alpha value is -2.77. The van der Waals surface area contributed by atoms with Crippen LogP contribution in [-0.4, -0.2) is 0 Å². The summed E-state index contributed by atoms with van der Waals surface area (Å²) in [5.74, 6) is 0. The summed E-state index contributed by atoms with van der Waals surface area (Å²) < 4.78 is -0.308. The summed E-state index contributed by atoms with van der Waals surface area (Å²) in [4.78, 5) is 1.27. The van der Waals surface area contributed by atoms with Crippen LogP contribution in [0.2, 0.25) is 0 Å². The van der Waals surface area contributed by atoms with Gasteiger partial charge >= 0.3 is 0 Å². The number of aryl methyl sites for hydroxylation is 1. The quantitative estimate of drug-likeness (QED) is 0.269. The SMILES string of the molecule is Cc1cccc(SC(c2ccccc2)(c2ccccc2)c2ccccc2)c1. The van der Waals surface area contributed by atoms with Crippen LogP contribution in [0.25, 0.3) is 0 Å². The second-order valence-electron chi connectivity index (χ2n) is 6.70. The molecule has 0 radical (unpaired) electrons. The highest BCUT2D eigenvalue weighted by molar-refractivity contribution is 8.00. The molecule has 0 unspecified atom stereocenters. The third-order valence-electron chi connectivity index (χ3n) is 4.80. The van der Waals surface area contributed by atoms with E-state index in [1.54, 1.807) is 0 Å². The Balaban J connectivity index is 2.00. The molecule has 0 fully saturated rings. The molecular formula is C26H22S. The Morgan fingerprint density at radius 1 is 0.519 bits per heavy atom. The topological polar surface area (TPSA) is 0 Å². The first-order valence-corrected chi connectivity index (χ1v) is 10.0. The number of hydrogen-bond donors (Lipinski definition) is 0. The Morgan fingerprint density at radius 2 is 0.963 bits per heavy atom. The van der Waals surface area contributed by atoms with Crippen LogP contribution in [0.1, 0.15) is 22.3 Å². The van der Waals surface area contributed by atoms with Gasteiger partial charge in [-0.3, -0.25) is 0 Å². The third kappa shape index (κ3) is 3.56. The predicted octanol–water partition coefficient (Wildman–Crippen LogP) is 7.08. The van der Waals surface area contributed by atoms with E-state index in [1.807, 2.05) is 11.8 Å². The molecule has 0 aliphatic carbocycles. The Morgan fingerprint density at radius 3 is 1.37 bits per heavy atom. The molecule has 0 aliphatic heterocycles. The number of hydrogen-bond acceptors (Lipinski definition) is 1. The molecule has 1 heteroatoms. The highest BCUT2D eigenvalue weighted by Crippen LogP contribution is 2.51. The monoisotopic (exact) mass is 366 g/mol. The van der Waals surface area contributed by atoms with Crippen molar-refractivity contribution in [1.29, 1.82) is 0 Å². The summed E-state index contributed by atoms with van der Waals surface area (Å²) in [6, 6.07) is 41.3. The first kappa shape index (κ1) is 17.6. The second kappa shape index (κ2) is 7.85. The van der Waals surface area contributed by atoms with Crippen LogP contribution in [0.4, 0.5) is 0 Å². The molecule has 0 nitrogen and oxygen atoms in total. The van der Waals surface area contributed by atoms with Gasteiger partial charge in [0.05, 0.1) is 4.75 Å². The van der Waals surface area contributed by atoms with E-state index < -0.39 is 0 Å². The first-order chi connectivity index (χ1) is 13.3. The number of rotatable bonds is 5. The van der Waals surface area contributed by atoms with Crippen molar-refractivity contribution in [3.8, 4) is 0 Å². The van der Waals surface area contributed by atoms with Crippen LogP contribution in [0.5, 0.6) is 0 Å². The van der Waals surface area contributed by atoms with Crippen molar-refractivity contribution in [2.45, 2.75) is 16.6 Å². The molecule has 4 aromatic rings. The van der Waals surface area contributed by atoms with Gasteiger partial charge in [0, 0.05) is 4.90 Å². The van der Waals surface area contributed by atoms with E-state index in [2.05, 4.69) is 122 Å². The van der Waals surface area contributed by atoms with Crippen LogP contribution in [0.15, 0.2) is 120 Å². The highest BCUT2D eigenvalue weighted by Gasteiger charge is 2.37. The maximum Gasteiger partial charge on any atom is 0.0954 e. The Labute approximate surface area is 165 Å². The molecule has 0 saturated carbocycles. The van der Waals surface area contributed by atoms with Crippen molar-refractivity contribution < 1.29 is 0 Å². The van der Waals surface area contributed by atoms with Gasteiger partial charge in [-0.2, -0.15) is 0 Å². The zero-order chi connectivity index (χ0) is 18.5. The Bertz CT molecular complexity index is 895. The summed E-state index contributed by atoms with van der Waals surface area (Å²) in [7, 11) is 0. The van der Waals surface area contributed by atoms with Gasteiger partial charge in [-0.05, 0) is 35.7 Å². The lowest BCUT2D eigenvalue weighted by molar-refractivity contribution is 0.894. The van der Waals surface area contributed by atoms with E-state index in [-0.39, 0.29) is 4.75 Å². The van der Waals surface area contributed by atoms with Crippen LogP contribution < -0.4 is 0 Å². The zero-order valence-electron chi connectivity index (χ0n) is 15.4. The lowest BCUT2D eigenvalue weighted by Gasteiger charge is -2.35. The van der Waals surface area contributed by atoms with Crippen LogP contribution >= 0.6 is 11.8 Å². The van der Waals surface area contributed by atoms with Crippen molar-refractivity contribution in [2.24, 2.45) is 0 Å². The maximum atomic E-state index is 2.27. The first-order valence-electron chi connectivity index (χ1n) is 9.21. The minimum absolute atomic E-state index is 0.308. The van der Waals surface area contributed by atoms with Gasteiger partial charge in [0.1, 0.15) is 0 Å². The summed E-state index contributed by atoms with van der Waals surface area (Å²) in [5.41, 5.74) is 5.14. The van der Waals surface area contributed by atoms with Gasteiger partial charge in [-0.1, -0.05) is 109 Å². The highest BCUT2D eigenvalue weighted by atomic mass is 32.2. The van der Waals surface area contributed by atoms with Crippen LogP contribution in [0.3, 0.4) is 0 Å². The predicted molar refractivity (Wildman–Crippen MR) is 116 cm³/mol. The van der Waals surface area contributed by atoms with Crippen molar-refractivity contribution in [3.05, 3.63) is 138 Å². The second-order valence-corrected chi connectivity index (χ2v) is 7.99. The standard InChI is InChI=1S/C26H22S/c1-21-12-11-19-25(20-21)27-26(22-13-5-2-6-14-22,23-15-7-3-8-16-23)24-17-9-4-10-18-24/h2-20H,1H3. The van der Waals surface area contributed by atoms with Crippen molar-refractivity contribution in [1.82, 2.24) is 0 Å². The summed E-state index contributed by atoms with van der Waals surface area (Å²) in [5, 5.41) is 0. The molecule has 4 aromatic carbocycles. The largest absolute Gasteiger partial charge is 0.105 e. The van der Waals surface area contributed by atoms with Gasteiger partial charge in [0.15, 0.2) is 0 Å². The van der Waals surface area contributed by atoms with E-state index in [0.29, 0.717) is 0 Å². The molecule has 132 valence electrons. The fourth-order valence-electron chi connectivity index (χ4n) is 3.55. The van der Waals surface area contributed by atoms with E-state index in [9.17, 15) is 0 Å². The molecular weight excluding hydrogens is 344 g/mol. The lowest BCUT2D eigenvalue weighted by atomic mass is 9.84. The molecule has 0 heterocycles. The van der Waals surface area contributed by atoms with Gasteiger partial charge in [-0.15, -0.1) is 11.8 Å². The normalized spacial score (nSPS) is 11.3. The van der Waals surface area contributed by atoms with Gasteiger partial charge in [-0.25, -0.2) is 0 Å². The molecule has 0 amide bonds. The Kier molecular flexibility index (Phi) is 5.13. The summed E-state index contributed by atoms with van der Waals surface area (Å²) >= 11 is 1.91. The minimum Gasteiger partial charge on any atom is -0.105 e. The van der Waals surface area contributed by atoms with Crippen molar-refractivity contribution >= 4 is 11.8 Å². The van der Waals surface area contributed by atoms with Crippen molar-refractivity contribution in [3.63, 3.8) is 0 Å². The molecule has 27 heavy (non-hydrogen) atoms. The number of thioether (sulfide) groups is 1. The fourth-order valence-corrected chi connectivity index (χ4v) is 5.06. The smallest absolute Gasteiger partial charge is 0.0954 e. The molecule has 0 saturated heterocycles. The number of benzene rings is 4.